The van der Waals surface area contributed by atoms with Crippen LogP contribution in [0.3, 0.4) is 0 Å². The molecule has 3 aromatic rings. The molecule has 3 heterocycles. The van der Waals surface area contributed by atoms with E-state index in [9.17, 15) is 9.59 Å². The molecule has 2 N–H and O–H groups in total. The van der Waals surface area contributed by atoms with Crippen molar-refractivity contribution in [2.24, 2.45) is 0 Å². The van der Waals surface area contributed by atoms with E-state index >= 15 is 0 Å². The highest BCUT2D eigenvalue weighted by Gasteiger charge is 2.24. The zero-order chi connectivity index (χ0) is 20.6. The molecule has 1 fully saturated rings. The van der Waals surface area contributed by atoms with Gasteiger partial charge >= 0.3 is 6.09 Å². The van der Waals surface area contributed by atoms with Crippen LogP contribution in [0.5, 0.6) is 0 Å². The minimum Gasteiger partial charge on any atom is -0.449 e. The van der Waals surface area contributed by atoms with E-state index in [2.05, 4.69) is 20.2 Å². The highest BCUT2D eigenvalue weighted by molar-refractivity contribution is 6.01. The topological polar surface area (TPSA) is 100 Å². The molecule has 0 radical (unpaired) electrons. The molecule has 0 bridgehead atoms. The van der Waals surface area contributed by atoms with Gasteiger partial charge in [0.15, 0.2) is 0 Å². The minimum absolute atomic E-state index is 0.0911. The molecule has 0 atom stereocenters. The molecule has 4 rings (SSSR count). The standard InChI is InChI=1S/C21H26N4O4/c1-21(2,3)29-20(27)22-13-8-10-25(11-9-13)12-16-23-17-14-6-4-5-7-15(14)28-18(17)19(26)24-16/h4-7,13H,8-12H2,1-3H3,(H,22,27)(H,23,24,26). The number of benzene rings is 1. The number of carbonyl (C=O) groups excluding carboxylic acids is 1. The van der Waals surface area contributed by atoms with Crippen LogP contribution in [0.15, 0.2) is 33.5 Å². The van der Waals surface area contributed by atoms with E-state index in [0.717, 1.165) is 31.3 Å². The highest BCUT2D eigenvalue weighted by atomic mass is 16.6. The fourth-order valence-electron chi connectivity index (χ4n) is 3.64. The predicted octanol–water partition coefficient (Wildman–Crippen LogP) is 3.16. The van der Waals surface area contributed by atoms with E-state index in [0.29, 0.717) is 23.5 Å². The number of alkyl carbamates (subject to hydrolysis) is 1. The molecule has 1 amide bonds. The van der Waals surface area contributed by atoms with Crippen LogP contribution in [0.4, 0.5) is 4.79 Å². The van der Waals surface area contributed by atoms with Crippen molar-refractivity contribution in [1.82, 2.24) is 20.2 Å². The summed E-state index contributed by atoms with van der Waals surface area (Å²) in [7, 11) is 0. The summed E-state index contributed by atoms with van der Waals surface area (Å²) in [4.78, 5) is 34.1. The Kier molecular flexibility index (Phi) is 5.04. The van der Waals surface area contributed by atoms with E-state index < -0.39 is 5.60 Å². The third kappa shape index (κ3) is 4.42. The number of nitrogens with one attached hydrogen (secondary N) is 2. The number of piperidine rings is 1. The van der Waals surface area contributed by atoms with E-state index in [1.54, 1.807) is 0 Å². The Morgan fingerprint density at radius 3 is 2.76 bits per heavy atom. The van der Waals surface area contributed by atoms with Gasteiger partial charge in [-0.1, -0.05) is 12.1 Å². The maximum Gasteiger partial charge on any atom is 0.407 e. The number of H-pyrrole nitrogens is 1. The Morgan fingerprint density at radius 1 is 1.31 bits per heavy atom. The number of hydrogen-bond acceptors (Lipinski definition) is 6. The van der Waals surface area contributed by atoms with Crippen molar-refractivity contribution >= 4 is 28.2 Å². The van der Waals surface area contributed by atoms with Crippen LogP contribution in [0.25, 0.3) is 22.1 Å². The second kappa shape index (κ2) is 7.51. The number of ether oxygens (including phenoxy) is 1. The van der Waals surface area contributed by atoms with Crippen LogP contribution in [0, 0.1) is 0 Å². The molecule has 1 aromatic carbocycles. The molecular weight excluding hydrogens is 372 g/mol. The monoisotopic (exact) mass is 398 g/mol. The molecule has 29 heavy (non-hydrogen) atoms. The summed E-state index contributed by atoms with van der Waals surface area (Å²) in [5, 5.41) is 3.78. The lowest BCUT2D eigenvalue weighted by molar-refractivity contribution is 0.0477. The van der Waals surface area contributed by atoms with Crippen molar-refractivity contribution in [2.75, 3.05) is 13.1 Å². The molecule has 154 valence electrons. The highest BCUT2D eigenvalue weighted by Crippen LogP contribution is 2.24. The van der Waals surface area contributed by atoms with Gasteiger partial charge in [0.2, 0.25) is 5.58 Å². The van der Waals surface area contributed by atoms with Gasteiger partial charge in [-0.05, 0) is 45.7 Å². The molecule has 1 aliphatic heterocycles. The fourth-order valence-corrected chi connectivity index (χ4v) is 3.64. The number of furan rings is 1. The van der Waals surface area contributed by atoms with Crippen molar-refractivity contribution in [1.29, 1.82) is 0 Å². The first kappa shape index (κ1) is 19.4. The maximum absolute atomic E-state index is 12.4. The van der Waals surface area contributed by atoms with Gasteiger partial charge < -0.3 is 19.5 Å². The summed E-state index contributed by atoms with van der Waals surface area (Å²) in [6, 6.07) is 7.61. The molecule has 0 aliphatic carbocycles. The molecule has 1 aliphatic rings. The van der Waals surface area contributed by atoms with E-state index in [4.69, 9.17) is 9.15 Å². The van der Waals surface area contributed by atoms with Crippen molar-refractivity contribution in [3.05, 3.63) is 40.4 Å². The average Bonchev–Trinajstić information content (AvgIpc) is 3.01. The van der Waals surface area contributed by atoms with Gasteiger partial charge in [-0.25, -0.2) is 9.78 Å². The number of hydrogen-bond donors (Lipinski definition) is 2. The average molecular weight is 398 g/mol. The Balaban J connectivity index is 1.41. The number of para-hydroxylation sites is 1. The second-order valence-corrected chi connectivity index (χ2v) is 8.49. The first-order valence-electron chi connectivity index (χ1n) is 9.91. The Bertz CT molecular complexity index is 1090. The number of carbonyl (C=O) groups is 1. The number of aromatic nitrogens is 2. The predicted molar refractivity (Wildman–Crippen MR) is 110 cm³/mol. The van der Waals surface area contributed by atoms with Gasteiger partial charge in [0.1, 0.15) is 22.5 Å². The van der Waals surface area contributed by atoms with Crippen LogP contribution in [-0.2, 0) is 11.3 Å². The number of aromatic amines is 1. The van der Waals surface area contributed by atoms with Crippen molar-refractivity contribution in [3.63, 3.8) is 0 Å². The lowest BCUT2D eigenvalue weighted by Crippen LogP contribution is -2.46. The summed E-state index contributed by atoms with van der Waals surface area (Å²) >= 11 is 0. The quantitative estimate of drug-likeness (QED) is 0.703. The SMILES string of the molecule is CC(C)(C)OC(=O)NC1CCN(Cc2nc3c(oc4ccccc43)c(=O)[nH]2)CC1. The number of fused-ring (bicyclic) bond motifs is 3. The molecule has 0 saturated carbocycles. The summed E-state index contributed by atoms with van der Waals surface area (Å²) in [6.07, 6.45) is 1.26. The third-order valence-electron chi connectivity index (χ3n) is 4.96. The van der Waals surface area contributed by atoms with Gasteiger partial charge in [0.25, 0.3) is 5.56 Å². The number of rotatable bonds is 3. The summed E-state index contributed by atoms with van der Waals surface area (Å²) in [5.74, 6) is 0.618. The fraction of sp³-hybridized carbons (Fsp3) is 0.476. The number of nitrogens with zero attached hydrogens (tertiary/aromatic N) is 2. The van der Waals surface area contributed by atoms with Crippen LogP contribution in [0.1, 0.15) is 39.4 Å². The van der Waals surface area contributed by atoms with Crippen molar-refractivity contribution < 1.29 is 13.9 Å². The number of likely N-dealkylation sites (tertiary alicyclic amines) is 1. The van der Waals surface area contributed by atoms with Gasteiger partial charge in [0, 0.05) is 24.5 Å². The molecule has 8 nitrogen and oxygen atoms in total. The van der Waals surface area contributed by atoms with Gasteiger partial charge in [-0.15, -0.1) is 0 Å². The van der Waals surface area contributed by atoms with E-state index in [-0.39, 0.29) is 23.3 Å². The third-order valence-corrected chi connectivity index (χ3v) is 4.96. The summed E-state index contributed by atoms with van der Waals surface area (Å²) in [5.41, 5.74) is 0.753. The molecule has 2 aromatic heterocycles. The Morgan fingerprint density at radius 2 is 2.03 bits per heavy atom. The maximum atomic E-state index is 12.4. The lowest BCUT2D eigenvalue weighted by Gasteiger charge is -2.32. The van der Waals surface area contributed by atoms with Gasteiger partial charge in [-0.2, -0.15) is 0 Å². The smallest absolute Gasteiger partial charge is 0.407 e. The van der Waals surface area contributed by atoms with Crippen LogP contribution in [0.2, 0.25) is 0 Å². The lowest BCUT2D eigenvalue weighted by atomic mass is 10.1. The van der Waals surface area contributed by atoms with E-state index in [1.165, 1.54) is 0 Å². The van der Waals surface area contributed by atoms with Crippen LogP contribution >= 0.6 is 0 Å². The summed E-state index contributed by atoms with van der Waals surface area (Å²) < 4.78 is 11.0. The Labute approximate surface area is 168 Å². The molecule has 0 unspecified atom stereocenters. The molecule has 1 saturated heterocycles. The largest absolute Gasteiger partial charge is 0.449 e. The zero-order valence-electron chi connectivity index (χ0n) is 16.9. The van der Waals surface area contributed by atoms with Crippen molar-refractivity contribution in [3.8, 4) is 0 Å². The second-order valence-electron chi connectivity index (χ2n) is 8.49. The summed E-state index contributed by atoms with van der Waals surface area (Å²) in [6.45, 7) is 7.70. The molecule has 0 spiro atoms. The molecule has 8 heteroatoms. The van der Waals surface area contributed by atoms with Crippen molar-refractivity contribution in [2.45, 2.75) is 51.8 Å². The van der Waals surface area contributed by atoms with Gasteiger partial charge in [-0.3, -0.25) is 9.69 Å². The molecular formula is C21H26N4O4. The van der Waals surface area contributed by atoms with Crippen LogP contribution < -0.4 is 10.9 Å². The first-order chi connectivity index (χ1) is 13.8. The first-order valence-corrected chi connectivity index (χ1v) is 9.91. The van der Waals surface area contributed by atoms with Gasteiger partial charge in [0.05, 0.1) is 6.54 Å². The van der Waals surface area contributed by atoms with E-state index in [1.807, 2.05) is 45.0 Å². The minimum atomic E-state index is -0.502. The number of amides is 1. The zero-order valence-corrected chi connectivity index (χ0v) is 16.9. The normalized spacial score (nSPS) is 16.4. The Hall–Kier alpha value is -2.87. The van der Waals surface area contributed by atoms with Crippen LogP contribution in [-0.4, -0.2) is 45.7 Å².